The summed E-state index contributed by atoms with van der Waals surface area (Å²) < 4.78 is 5.26. The van der Waals surface area contributed by atoms with E-state index < -0.39 is 17.9 Å². The molecule has 0 radical (unpaired) electrons. The lowest BCUT2D eigenvalue weighted by molar-refractivity contribution is -0.136. The minimum absolute atomic E-state index is 0.106. The molecule has 0 aliphatic carbocycles. The standard InChI is InChI=1S/C18H22N2O4/c1-11(2)13-5-7-14(8-6-13)20-18(23)17(22)19-10-15(21)16-9-4-12(3)24-16/h4-9,11,15,21H,10H2,1-3H3,(H,19,22)(H,20,23). The van der Waals surface area contributed by atoms with E-state index in [0.29, 0.717) is 23.1 Å². The number of aliphatic hydroxyl groups excluding tert-OH is 1. The van der Waals surface area contributed by atoms with E-state index in [4.69, 9.17) is 4.42 Å². The van der Waals surface area contributed by atoms with Gasteiger partial charge in [0.05, 0.1) is 6.54 Å². The zero-order chi connectivity index (χ0) is 17.7. The summed E-state index contributed by atoms with van der Waals surface area (Å²) in [5.74, 6) is -0.194. The molecule has 2 rings (SSSR count). The van der Waals surface area contributed by atoms with Gasteiger partial charge in [0.1, 0.15) is 17.6 Å². The first-order valence-corrected chi connectivity index (χ1v) is 7.80. The Morgan fingerprint density at radius 1 is 1.08 bits per heavy atom. The average molecular weight is 330 g/mol. The largest absolute Gasteiger partial charge is 0.464 e. The topological polar surface area (TPSA) is 91.6 Å². The number of furan rings is 1. The van der Waals surface area contributed by atoms with Crippen molar-refractivity contribution in [1.29, 1.82) is 0 Å². The Hall–Kier alpha value is -2.60. The first kappa shape index (κ1) is 17.7. The van der Waals surface area contributed by atoms with Crippen molar-refractivity contribution in [2.45, 2.75) is 32.8 Å². The highest BCUT2D eigenvalue weighted by Crippen LogP contribution is 2.17. The van der Waals surface area contributed by atoms with E-state index in [-0.39, 0.29) is 6.54 Å². The first-order valence-electron chi connectivity index (χ1n) is 7.80. The lowest BCUT2D eigenvalue weighted by Crippen LogP contribution is -2.37. The number of anilines is 1. The summed E-state index contributed by atoms with van der Waals surface area (Å²) in [4.78, 5) is 23.7. The fourth-order valence-corrected chi connectivity index (χ4v) is 2.14. The Morgan fingerprint density at radius 2 is 1.75 bits per heavy atom. The van der Waals surface area contributed by atoms with E-state index in [0.717, 1.165) is 5.56 Å². The van der Waals surface area contributed by atoms with Crippen LogP contribution in [0.5, 0.6) is 0 Å². The summed E-state index contributed by atoms with van der Waals surface area (Å²) in [5, 5.41) is 14.8. The van der Waals surface area contributed by atoms with Crippen molar-refractivity contribution in [2.24, 2.45) is 0 Å². The molecule has 2 aromatic rings. The van der Waals surface area contributed by atoms with Crippen molar-refractivity contribution in [2.75, 3.05) is 11.9 Å². The lowest BCUT2D eigenvalue weighted by atomic mass is 10.0. The van der Waals surface area contributed by atoms with Crippen LogP contribution in [0.3, 0.4) is 0 Å². The molecule has 0 aliphatic heterocycles. The highest BCUT2D eigenvalue weighted by atomic mass is 16.4. The van der Waals surface area contributed by atoms with Gasteiger partial charge >= 0.3 is 11.8 Å². The Labute approximate surface area is 140 Å². The third kappa shape index (κ3) is 4.70. The molecule has 1 atom stereocenters. The van der Waals surface area contributed by atoms with E-state index in [1.54, 1.807) is 31.2 Å². The molecule has 0 saturated heterocycles. The molecule has 0 bridgehead atoms. The minimum atomic E-state index is -0.999. The predicted octanol–water partition coefficient (Wildman–Crippen LogP) is 2.50. The highest BCUT2D eigenvalue weighted by Gasteiger charge is 2.17. The fourth-order valence-electron chi connectivity index (χ4n) is 2.14. The van der Waals surface area contributed by atoms with Crippen molar-refractivity contribution in [3.8, 4) is 0 Å². The molecule has 1 unspecified atom stereocenters. The number of aryl methyl sites for hydroxylation is 1. The van der Waals surface area contributed by atoms with Crippen molar-refractivity contribution in [1.82, 2.24) is 5.32 Å². The summed E-state index contributed by atoms with van der Waals surface area (Å²) in [7, 11) is 0. The van der Waals surface area contributed by atoms with Crippen LogP contribution in [0, 0.1) is 6.92 Å². The molecule has 3 N–H and O–H groups in total. The van der Waals surface area contributed by atoms with Gasteiger partial charge in [0, 0.05) is 5.69 Å². The van der Waals surface area contributed by atoms with E-state index in [1.807, 2.05) is 12.1 Å². The molecule has 0 spiro atoms. The second-order valence-electron chi connectivity index (χ2n) is 5.91. The molecule has 0 saturated carbocycles. The molecule has 128 valence electrons. The summed E-state index contributed by atoms with van der Waals surface area (Å²) >= 11 is 0. The zero-order valence-corrected chi connectivity index (χ0v) is 14.0. The second-order valence-corrected chi connectivity index (χ2v) is 5.91. The number of carbonyl (C=O) groups excluding carboxylic acids is 2. The van der Waals surface area contributed by atoms with E-state index in [1.165, 1.54) is 0 Å². The van der Waals surface area contributed by atoms with Crippen LogP contribution in [0.4, 0.5) is 5.69 Å². The van der Waals surface area contributed by atoms with E-state index in [9.17, 15) is 14.7 Å². The molecule has 1 aromatic carbocycles. The average Bonchev–Trinajstić information content (AvgIpc) is 2.99. The quantitative estimate of drug-likeness (QED) is 0.735. The first-order chi connectivity index (χ1) is 11.4. The van der Waals surface area contributed by atoms with Crippen LogP contribution in [-0.2, 0) is 9.59 Å². The van der Waals surface area contributed by atoms with E-state index in [2.05, 4.69) is 24.5 Å². The SMILES string of the molecule is Cc1ccc(C(O)CNC(=O)C(=O)Nc2ccc(C(C)C)cc2)o1. The monoisotopic (exact) mass is 330 g/mol. The molecule has 0 aliphatic rings. The van der Waals surface area contributed by atoms with Gasteiger partial charge in [-0.25, -0.2) is 0 Å². The number of amides is 2. The van der Waals surface area contributed by atoms with Crippen LogP contribution < -0.4 is 10.6 Å². The predicted molar refractivity (Wildman–Crippen MR) is 90.6 cm³/mol. The van der Waals surface area contributed by atoms with Crippen molar-refractivity contribution >= 4 is 17.5 Å². The molecule has 1 heterocycles. The molecular formula is C18H22N2O4. The van der Waals surface area contributed by atoms with Gasteiger partial charge in [0.25, 0.3) is 0 Å². The summed E-state index contributed by atoms with van der Waals surface area (Å²) in [6, 6.07) is 10.7. The van der Waals surface area contributed by atoms with Crippen LogP contribution in [0.15, 0.2) is 40.8 Å². The van der Waals surface area contributed by atoms with E-state index >= 15 is 0 Å². The maximum atomic E-state index is 11.9. The smallest absolute Gasteiger partial charge is 0.313 e. The van der Waals surface area contributed by atoms with Crippen LogP contribution >= 0.6 is 0 Å². The number of aliphatic hydroxyl groups is 1. The third-order valence-corrected chi connectivity index (χ3v) is 3.59. The Morgan fingerprint density at radius 3 is 2.29 bits per heavy atom. The molecular weight excluding hydrogens is 308 g/mol. The number of benzene rings is 1. The number of hydrogen-bond acceptors (Lipinski definition) is 4. The number of nitrogens with one attached hydrogen (secondary N) is 2. The second kappa shape index (κ2) is 7.79. The molecule has 2 amide bonds. The van der Waals surface area contributed by atoms with Crippen molar-refractivity contribution < 1.29 is 19.1 Å². The molecule has 0 fully saturated rings. The molecule has 24 heavy (non-hydrogen) atoms. The van der Waals surface area contributed by atoms with Crippen molar-refractivity contribution in [3.63, 3.8) is 0 Å². The van der Waals surface area contributed by atoms with Crippen LogP contribution in [-0.4, -0.2) is 23.5 Å². The van der Waals surface area contributed by atoms with Crippen LogP contribution in [0.1, 0.15) is 43.0 Å². The van der Waals surface area contributed by atoms with Gasteiger partial charge in [-0.1, -0.05) is 26.0 Å². The Balaban J connectivity index is 1.84. The number of hydrogen-bond donors (Lipinski definition) is 3. The van der Waals surface area contributed by atoms with Crippen molar-refractivity contribution in [3.05, 3.63) is 53.5 Å². The summed E-state index contributed by atoms with van der Waals surface area (Å²) in [6.45, 7) is 5.80. The normalized spacial score (nSPS) is 12.0. The fraction of sp³-hybridized carbons (Fsp3) is 0.333. The minimum Gasteiger partial charge on any atom is -0.464 e. The number of carbonyl (C=O) groups is 2. The molecule has 1 aromatic heterocycles. The third-order valence-electron chi connectivity index (χ3n) is 3.59. The summed E-state index contributed by atoms with van der Waals surface area (Å²) in [6.07, 6.45) is -0.999. The zero-order valence-electron chi connectivity index (χ0n) is 14.0. The lowest BCUT2D eigenvalue weighted by Gasteiger charge is -2.10. The van der Waals surface area contributed by atoms with Gasteiger partial charge in [-0.2, -0.15) is 0 Å². The molecule has 6 nitrogen and oxygen atoms in total. The maximum Gasteiger partial charge on any atom is 0.313 e. The Bertz CT molecular complexity index is 704. The van der Waals surface area contributed by atoms with Gasteiger partial charge in [0.15, 0.2) is 0 Å². The van der Waals surface area contributed by atoms with Gasteiger partial charge in [0.2, 0.25) is 0 Å². The van der Waals surface area contributed by atoms with Gasteiger partial charge in [-0.15, -0.1) is 0 Å². The summed E-state index contributed by atoms with van der Waals surface area (Å²) in [5.41, 5.74) is 1.69. The number of rotatable bonds is 5. The maximum absolute atomic E-state index is 11.9. The molecule has 6 heteroatoms. The van der Waals surface area contributed by atoms with Gasteiger partial charge < -0.3 is 20.2 Å². The van der Waals surface area contributed by atoms with Crippen LogP contribution in [0.25, 0.3) is 0 Å². The Kier molecular flexibility index (Phi) is 5.76. The highest BCUT2D eigenvalue weighted by molar-refractivity contribution is 6.39. The van der Waals surface area contributed by atoms with Crippen LogP contribution in [0.2, 0.25) is 0 Å². The van der Waals surface area contributed by atoms with Gasteiger partial charge in [-0.3, -0.25) is 9.59 Å². The van der Waals surface area contributed by atoms with Gasteiger partial charge in [-0.05, 0) is 42.7 Å².